The summed E-state index contributed by atoms with van der Waals surface area (Å²) in [5, 5.41) is 2.68. The third kappa shape index (κ3) is 4.17. The third-order valence-corrected chi connectivity index (χ3v) is 3.49. The summed E-state index contributed by atoms with van der Waals surface area (Å²) in [6, 6.07) is 3.21. The number of halogens is 1. The number of rotatable bonds is 5. The van der Waals surface area contributed by atoms with Crippen LogP contribution in [0.1, 0.15) is 19.8 Å². The van der Waals surface area contributed by atoms with Crippen LogP contribution in [0.5, 0.6) is 0 Å². The van der Waals surface area contributed by atoms with Gasteiger partial charge in [0, 0.05) is 19.2 Å². The molecule has 22 heavy (non-hydrogen) atoms. The van der Waals surface area contributed by atoms with Gasteiger partial charge in [-0.2, -0.15) is 0 Å². The quantitative estimate of drug-likeness (QED) is 0.649. The zero-order valence-electron chi connectivity index (χ0n) is 12.0. The third-order valence-electron chi connectivity index (χ3n) is 3.19. The van der Waals surface area contributed by atoms with Crippen LogP contribution in [0.25, 0.3) is 0 Å². The summed E-state index contributed by atoms with van der Waals surface area (Å²) in [4.78, 5) is 40.4. The maximum Gasteiger partial charge on any atom is 0.326 e. The molecule has 7 nitrogen and oxygen atoms in total. The van der Waals surface area contributed by atoms with Crippen molar-refractivity contribution >= 4 is 35.1 Å². The summed E-state index contributed by atoms with van der Waals surface area (Å²) in [5.74, 6) is -1.21. The van der Waals surface area contributed by atoms with Crippen molar-refractivity contribution in [2.45, 2.75) is 25.9 Å². The van der Waals surface area contributed by atoms with Gasteiger partial charge in [0.2, 0.25) is 5.91 Å². The minimum Gasteiger partial charge on any atom is -0.451 e. The maximum absolute atomic E-state index is 11.9. The molecule has 0 unspecified atom stereocenters. The van der Waals surface area contributed by atoms with Gasteiger partial charge in [0.05, 0.1) is 5.69 Å². The Bertz CT molecular complexity index is 593. The van der Waals surface area contributed by atoms with Gasteiger partial charge in [-0.25, -0.2) is 4.98 Å². The highest BCUT2D eigenvalue weighted by molar-refractivity contribution is 6.32. The molecule has 0 aromatic carbocycles. The summed E-state index contributed by atoms with van der Waals surface area (Å²) in [6.07, 6.45) is 1.68. The highest BCUT2D eigenvalue weighted by Crippen LogP contribution is 2.18. The lowest BCUT2D eigenvalue weighted by molar-refractivity contribution is -0.155. The summed E-state index contributed by atoms with van der Waals surface area (Å²) in [5.41, 5.74) is 0.340. The lowest BCUT2D eigenvalue weighted by atomic mass is 10.3. The van der Waals surface area contributed by atoms with Gasteiger partial charge in [-0.3, -0.25) is 14.4 Å². The van der Waals surface area contributed by atoms with Crippen LogP contribution < -0.4 is 5.32 Å². The second-order valence-corrected chi connectivity index (χ2v) is 5.24. The first kappa shape index (κ1) is 16.2. The Morgan fingerprint density at radius 3 is 2.95 bits per heavy atom. The molecule has 8 heteroatoms. The standard InChI is InChI=1S/C14H16ClN3O4/c1-9(14(21)17-10-4-2-6-16-13(10)15)22-12(20)8-18-7-3-5-11(18)19/h2,4,6,9H,3,5,7-8H2,1H3,(H,17,21)/t9-/m0/s1. The number of nitrogens with one attached hydrogen (secondary N) is 1. The second kappa shape index (κ2) is 7.22. The lowest BCUT2D eigenvalue weighted by Gasteiger charge is -2.17. The number of aromatic nitrogens is 1. The van der Waals surface area contributed by atoms with Crippen molar-refractivity contribution in [1.29, 1.82) is 0 Å². The zero-order valence-corrected chi connectivity index (χ0v) is 12.8. The Morgan fingerprint density at radius 2 is 2.32 bits per heavy atom. The molecule has 1 saturated heterocycles. The molecule has 1 atom stereocenters. The average Bonchev–Trinajstić information content (AvgIpc) is 2.86. The fraction of sp³-hybridized carbons (Fsp3) is 0.429. The van der Waals surface area contributed by atoms with E-state index >= 15 is 0 Å². The number of nitrogens with zero attached hydrogens (tertiary/aromatic N) is 2. The fourth-order valence-corrected chi connectivity index (χ4v) is 2.20. The van der Waals surface area contributed by atoms with Gasteiger partial charge in [0.25, 0.3) is 5.91 Å². The predicted molar refractivity (Wildman–Crippen MR) is 79.2 cm³/mol. The molecular formula is C14H16ClN3O4. The van der Waals surface area contributed by atoms with Gasteiger partial charge < -0.3 is 15.0 Å². The normalized spacial score (nSPS) is 15.5. The number of likely N-dealkylation sites (tertiary alicyclic amines) is 1. The lowest BCUT2D eigenvalue weighted by Crippen LogP contribution is -2.36. The number of ether oxygens (including phenoxy) is 1. The van der Waals surface area contributed by atoms with Gasteiger partial charge in [-0.1, -0.05) is 11.6 Å². The zero-order chi connectivity index (χ0) is 16.1. The first-order valence-corrected chi connectivity index (χ1v) is 7.24. The molecule has 1 aliphatic rings. The van der Waals surface area contributed by atoms with E-state index in [1.54, 1.807) is 12.1 Å². The molecule has 0 bridgehead atoms. The molecule has 2 rings (SSSR count). The summed E-state index contributed by atoms with van der Waals surface area (Å²) >= 11 is 5.83. The van der Waals surface area contributed by atoms with Crippen LogP contribution in [0.4, 0.5) is 5.69 Å². The van der Waals surface area contributed by atoms with Crippen molar-refractivity contribution in [2.75, 3.05) is 18.4 Å². The van der Waals surface area contributed by atoms with Crippen LogP contribution in [0.15, 0.2) is 18.3 Å². The number of carbonyl (C=O) groups is 3. The highest BCUT2D eigenvalue weighted by atomic mass is 35.5. The number of carbonyl (C=O) groups excluding carboxylic acids is 3. The first-order valence-electron chi connectivity index (χ1n) is 6.86. The first-order chi connectivity index (χ1) is 10.5. The number of anilines is 1. The van der Waals surface area contributed by atoms with Crippen molar-refractivity contribution in [1.82, 2.24) is 9.88 Å². The Labute approximate surface area is 132 Å². The van der Waals surface area contributed by atoms with Crippen molar-refractivity contribution < 1.29 is 19.1 Å². The average molecular weight is 326 g/mol. The molecule has 1 fully saturated rings. The fourth-order valence-electron chi connectivity index (χ4n) is 2.03. The minimum absolute atomic E-state index is 0.0730. The molecular weight excluding hydrogens is 310 g/mol. The van der Waals surface area contributed by atoms with E-state index < -0.39 is 18.0 Å². The monoisotopic (exact) mass is 325 g/mol. The van der Waals surface area contributed by atoms with Crippen molar-refractivity contribution in [2.24, 2.45) is 0 Å². The van der Waals surface area contributed by atoms with Crippen LogP contribution >= 0.6 is 11.6 Å². The molecule has 0 spiro atoms. The van der Waals surface area contributed by atoms with Gasteiger partial charge in [-0.05, 0) is 25.5 Å². The van der Waals surface area contributed by atoms with Crippen LogP contribution in [0, 0.1) is 0 Å². The largest absolute Gasteiger partial charge is 0.451 e. The van der Waals surface area contributed by atoms with Crippen LogP contribution in [-0.2, 0) is 19.1 Å². The maximum atomic E-state index is 11.9. The molecule has 0 radical (unpaired) electrons. The van der Waals surface area contributed by atoms with Gasteiger partial charge in [-0.15, -0.1) is 0 Å². The number of hydrogen-bond donors (Lipinski definition) is 1. The molecule has 2 heterocycles. The van der Waals surface area contributed by atoms with Crippen molar-refractivity contribution in [3.8, 4) is 0 Å². The molecule has 2 amide bonds. The van der Waals surface area contributed by atoms with Gasteiger partial charge in [0.15, 0.2) is 11.3 Å². The Morgan fingerprint density at radius 1 is 1.55 bits per heavy atom. The smallest absolute Gasteiger partial charge is 0.326 e. The van der Waals surface area contributed by atoms with E-state index in [2.05, 4.69) is 10.3 Å². The summed E-state index contributed by atoms with van der Waals surface area (Å²) in [6.45, 7) is 1.85. The van der Waals surface area contributed by atoms with Crippen molar-refractivity contribution in [3.63, 3.8) is 0 Å². The number of esters is 1. The van der Waals surface area contributed by atoms with E-state index in [-0.39, 0.29) is 17.6 Å². The summed E-state index contributed by atoms with van der Waals surface area (Å²) < 4.78 is 5.03. The van der Waals surface area contributed by atoms with Crippen LogP contribution in [-0.4, -0.2) is 46.9 Å². The topological polar surface area (TPSA) is 88.6 Å². The molecule has 0 aliphatic carbocycles. The second-order valence-electron chi connectivity index (χ2n) is 4.88. The van der Waals surface area contributed by atoms with E-state index in [1.807, 2.05) is 0 Å². The van der Waals surface area contributed by atoms with Crippen LogP contribution in [0.2, 0.25) is 5.15 Å². The Hall–Kier alpha value is -2.15. The molecule has 1 aliphatic heterocycles. The van der Waals surface area contributed by atoms with Crippen LogP contribution in [0.3, 0.4) is 0 Å². The molecule has 1 aromatic rings. The Balaban J connectivity index is 1.84. The molecule has 1 N–H and O–H groups in total. The summed E-state index contributed by atoms with van der Waals surface area (Å²) in [7, 11) is 0. The van der Waals surface area contributed by atoms with Gasteiger partial charge in [0.1, 0.15) is 6.54 Å². The van der Waals surface area contributed by atoms with E-state index in [4.69, 9.17) is 16.3 Å². The number of hydrogen-bond acceptors (Lipinski definition) is 5. The minimum atomic E-state index is -0.999. The number of pyridine rings is 1. The Kier molecular flexibility index (Phi) is 5.32. The molecule has 1 aromatic heterocycles. The van der Waals surface area contributed by atoms with E-state index in [9.17, 15) is 14.4 Å². The molecule has 118 valence electrons. The number of amides is 2. The van der Waals surface area contributed by atoms with Gasteiger partial charge >= 0.3 is 5.97 Å². The SMILES string of the molecule is C[C@H](OC(=O)CN1CCCC1=O)C(=O)Nc1cccnc1Cl. The molecule has 0 saturated carbocycles. The predicted octanol–water partition coefficient (Wildman–Crippen LogP) is 1.23. The van der Waals surface area contributed by atoms with E-state index in [0.717, 1.165) is 6.42 Å². The van der Waals surface area contributed by atoms with E-state index in [1.165, 1.54) is 18.0 Å². The highest BCUT2D eigenvalue weighted by Gasteiger charge is 2.25. The van der Waals surface area contributed by atoms with E-state index in [0.29, 0.717) is 18.7 Å². The van der Waals surface area contributed by atoms with Crippen molar-refractivity contribution in [3.05, 3.63) is 23.5 Å².